The molecule has 22 heavy (non-hydrogen) atoms. The van der Waals surface area contributed by atoms with Crippen molar-refractivity contribution in [3.63, 3.8) is 0 Å². The Bertz CT molecular complexity index is 906. The molecule has 6 nitrogen and oxygen atoms in total. The molecule has 0 saturated carbocycles. The quantitative estimate of drug-likeness (QED) is 0.542. The van der Waals surface area contributed by atoms with Crippen molar-refractivity contribution in [1.82, 2.24) is 20.2 Å². The summed E-state index contributed by atoms with van der Waals surface area (Å²) in [5.41, 5.74) is 0. The van der Waals surface area contributed by atoms with Crippen LogP contribution in [0.1, 0.15) is 9.67 Å². The summed E-state index contributed by atoms with van der Waals surface area (Å²) in [6.07, 6.45) is 1.54. The zero-order valence-electron chi connectivity index (χ0n) is 11.3. The molecule has 3 aromatic heterocycles. The van der Waals surface area contributed by atoms with Gasteiger partial charge in [0, 0.05) is 4.70 Å². The number of Topliss-reactive ketones (excluding diaryl/α,β-unsaturated/α-hetero) is 1. The third-order valence-electron chi connectivity index (χ3n) is 3.18. The van der Waals surface area contributed by atoms with E-state index in [-0.39, 0.29) is 12.3 Å². The van der Waals surface area contributed by atoms with Crippen LogP contribution in [-0.2, 0) is 6.54 Å². The van der Waals surface area contributed by atoms with Crippen LogP contribution in [0.4, 0.5) is 0 Å². The second-order valence-corrected chi connectivity index (χ2v) is 5.78. The Morgan fingerprint density at radius 2 is 2.14 bits per heavy atom. The average Bonchev–Trinajstić information content (AvgIpc) is 3.26. The maximum Gasteiger partial charge on any atom is 0.240 e. The van der Waals surface area contributed by atoms with E-state index in [4.69, 9.17) is 4.42 Å². The van der Waals surface area contributed by atoms with E-state index < -0.39 is 0 Å². The molecule has 0 aliphatic heterocycles. The predicted octanol–water partition coefficient (Wildman–Crippen LogP) is 3.03. The van der Waals surface area contributed by atoms with E-state index in [1.807, 2.05) is 30.3 Å². The van der Waals surface area contributed by atoms with Crippen LogP contribution >= 0.6 is 11.3 Å². The Morgan fingerprint density at radius 3 is 2.95 bits per heavy atom. The van der Waals surface area contributed by atoms with Gasteiger partial charge in [-0.15, -0.1) is 21.5 Å². The number of carbonyl (C=O) groups excluding carboxylic acids is 1. The molecule has 0 unspecified atom stereocenters. The fourth-order valence-electron chi connectivity index (χ4n) is 2.14. The Labute approximate surface area is 129 Å². The molecule has 4 rings (SSSR count). The van der Waals surface area contributed by atoms with Crippen LogP contribution in [0.25, 0.3) is 21.7 Å². The Hall–Kier alpha value is -2.80. The molecule has 7 heteroatoms. The van der Waals surface area contributed by atoms with Crippen molar-refractivity contribution in [2.45, 2.75) is 6.54 Å². The SMILES string of the molecule is O=C(Cn1nnc(-c2ccco2)n1)c1cc2ccccc2s1. The molecule has 3 heterocycles. The number of tetrazole rings is 1. The van der Waals surface area contributed by atoms with Crippen LogP contribution in [-0.4, -0.2) is 26.0 Å². The third kappa shape index (κ3) is 2.31. The highest BCUT2D eigenvalue weighted by atomic mass is 32.1. The molecule has 108 valence electrons. The van der Waals surface area contributed by atoms with Crippen molar-refractivity contribution < 1.29 is 9.21 Å². The van der Waals surface area contributed by atoms with Gasteiger partial charge in [-0.3, -0.25) is 4.79 Å². The highest BCUT2D eigenvalue weighted by molar-refractivity contribution is 7.20. The summed E-state index contributed by atoms with van der Waals surface area (Å²) in [5.74, 6) is 0.860. The van der Waals surface area contributed by atoms with Gasteiger partial charge in [0.25, 0.3) is 0 Å². The maximum atomic E-state index is 12.3. The van der Waals surface area contributed by atoms with E-state index >= 15 is 0 Å². The summed E-state index contributed by atoms with van der Waals surface area (Å²) in [5, 5.41) is 13.0. The summed E-state index contributed by atoms with van der Waals surface area (Å²) in [4.78, 5) is 14.3. The van der Waals surface area contributed by atoms with Crippen LogP contribution in [0.2, 0.25) is 0 Å². The molecular weight excluding hydrogens is 300 g/mol. The van der Waals surface area contributed by atoms with E-state index in [9.17, 15) is 4.79 Å². The number of thiophene rings is 1. The van der Waals surface area contributed by atoms with Crippen molar-refractivity contribution in [3.8, 4) is 11.6 Å². The molecule has 1 aromatic carbocycles. The lowest BCUT2D eigenvalue weighted by Crippen LogP contribution is -2.12. The molecule has 0 atom stereocenters. The van der Waals surface area contributed by atoms with Crippen molar-refractivity contribution in [2.75, 3.05) is 0 Å². The summed E-state index contributed by atoms with van der Waals surface area (Å²) in [6.45, 7) is 0.0561. The molecule has 0 saturated heterocycles. The lowest BCUT2D eigenvalue weighted by molar-refractivity contribution is 0.0965. The number of carbonyl (C=O) groups is 1. The lowest BCUT2D eigenvalue weighted by atomic mass is 10.2. The maximum absolute atomic E-state index is 12.3. The van der Waals surface area contributed by atoms with Gasteiger partial charge >= 0.3 is 0 Å². The molecule has 0 amide bonds. The van der Waals surface area contributed by atoms with Gasteiger partial charge in [-0.2, -0.15) is 4.80 Å². The van der Waals surface area contributed by atoms with Crippen molar-refractivity contribution in [1.29, 1.82) is 0 Å². The number of hydrogen-bond donors (Lipinski definition) is 0. The molecule has 0 N–H and O–H groups in total. The van der Waals surface area contributed by atoms with Crippen LogP contribution in [0.15, 0.2) is 53.1 Å². The second kappa shape index (κ2) is 5.19. The number of aromatic nitrogens is 4. The zero-order valence-corrected chi connectivity index (χ0v) is 12.2. The Morgan fingerprint density at radius 1 is 1.23 bits per heavy atom. The van der Waals surface area contributed by atoms with Gasteiger partial charge in [-0.1, -0.05) is 18.2 Å². The lowest BCUT2D eigenvalue weighted by Gasteiger charge is -1.95. The number of benzene rings is 1. The van der Waals surface area contributed by atoms with Gasteiger partial charge in [-0.25, -0.2) is 0 Å². The second-order valence-electron chi connectivity index (χ2n) is 4.69. The first-order chi connectivity index (χ1) is 10.8. The number of nitrogens with zero attached hydrogens (tertiary/aromatic N) is 4. The molecule has 0 radical (unpaired) electrons. The summed E-state index contributed by atoms with van der Waals surface area (Å²) in [6, 6.07) is 13.3. The van der Waals surface area contributed by atoms with E-state index in [2.05, 4.69) is 15.4 Å². The predicted molar refractivity (Wildman–Crippen MR) is 81.7 cm³/mol. The first kappa shape index (κ1) is 12.9. The van der Waals surface area contributed by atoms with Gasteiger partial charge in [0.2, 0.25) is 5.82 Å². The third-order valence-corrected chi connectivity index (χ3v) is 4.34. The largest absolute Gasteiger partial charge is 0.461 e. The van der Waals surface area contributed by atoms with E-state index in [1.165, 1.54) is 16.1 Å². The minimum atomic E-state index is -0.0374. The zero-order chi connectivity index (χ0) is 14.9. The first-order valence-corrected chi connectivity index (χ1v) is 7.45. The smallest absolute Gasteiger partial charge is 0.240 e. The van der Waals surface area contributed by atoms with Gasteiger partial charge in [0.15, 0.2) is 11.5 Å². The van der Waals surface area contributed by atoms with Crippen molar-refractivity contribution in [2.24, 2.45) is 0 Å². The standard InChI is InChI=1S/C15H10N4O2S/c20-11(14-8-10-4-1-2-6-13(10)22-14)9-19-17-15(16-18-19)12-5-3-7-21-12/h1-8H,9H2. The minimum absolute atomic E-state index is 0.0374. The molecule has 0 fully saturated rings. The van der Waals surface area contributed by atoms with Crippen molar-refractivity contribution in [3.05, 3.63) is 53.6 Å². The Balaban J connectivity index is 1.56. The van der Waals surface area contributed by atoms with Crippen LogP contribution in [0, 0.1) is 0 Å². The highest BCUT2D eigenvalue weighted by Crippen LogP contribution is 2.25. The van der Waals surface area contributed by atoms with Crippen molar-refractivity contribution >= 4 is 27.2 Å². The topological polar surface area (TPSA) is 73.8 Å². The van der Waals surface area contributed by atoms with Crippen LogP contribution in [0.3, 0.4) is 0 Å². The number of hydrogen-bond acceptors (Lipinski definition) is 6. The minimum Gasteiger partial charge on any atom is -0.461 e. The summed E-state index contributed by atoms with van der Waals surface area (Å²) >= 11 is 1.47. The van der Waals surface area contributed by atoms with Gasteiger partial charge < -0.3 is 4.42 Å². The number of furan rings is 1. The van der Waals surface area contributed by atoms with Gasteiger partial charge in [0.1, 0.15) is 6.54 Å². The van der Waals surface area contributed by atoms with E-state index in [0.29, 0.717) is 16.5 Å². The average molecular weight is 310 g/mol. The van der Waals surface area contributed by atoms with Gasteiger partial charge in [0.05, 0.1) is 11.1 Å². The molecule has 0 spiro atoms. The Kier molecular flexibility index (Phi) is 3.05. The monoisotopic (exact) mass is 310 g/mol. The van der Waals surface area contributed by atoms with Gasteiger partial charge in [-0.05, 0) is 34.9 Å². The first-order valence-electron chi connectivity index (χ1n) is 6.63. The van der Waals surface area contributed by atoms with Crippen LogP contribution < -0.4 is 0 Å². The molecule has 0 aliphatic rings. The highest BCUT2D eigenvalue weighted by Gasteiger charge is 2.14. The fraction of sp³-hybridized carbons (Fsp3) is 0.0667. The molecule has 0 bridgehead atoms. The number of ketones is 1. The summed E-state index contributed by atoms with van der Waals surface area (Å²) in [7, 11) is 0. The van der Waals surface area contributed by atoms with E-state index in [0.717, 1.165) is 10.1 Å². The number of rotatable bonds is 4. The number of fused-ring (bicyclic) bond motifs is 1. The molecule has 4 aromatic rings. The molecular formula is C15H10N4O2S. The van der Waals surface area contributed by atoms with Crippen LogP contribution in [0.5, 0.6) is 0 Å². The molecule has 0 aliphatic carbocycles. The van der Waals surface area contributed by atoms with E-state index in [1.54, 1.807) is 18.4 Å². The normalized spacial score (nSPS) is 11.1. The fourth-order valence-corrected chi connectivity index (χ4v) is 3.13. The summed E-state index contributed by atoms with van der Waals surface area (Å²) < 4.78 is 6.29.